The number of benzene rings is 2. The van der Waals surface area contributed by atoms with Crippen LogP contribution in [0.15, 0.2) is 47.6 Å². The third kappa shape index (κ3) is 4.94. The Kier molecular flexibility index (Phi) is 6.49. The summed E-state index contributed by atoms with van der Waals surface area (Å²) in [5, 5.41) is 14.7. The fourth-order valence-corrected chi connectivity index (χ4v) is 2.02. The lowest BCUT2D eigenvalue weighted by molar-refractivity contribution is -0.385. The average molecular weight is 359 g/mol. The van der Waals surface area contributed by atoms with E-state index in [2.05, 4.69) is 10.5 Å². The molecule has 0 aliphatic heterocycles. The van der Waals surface area contributed by atoms with E-state index in [-0.39, 0.29) is 11.4 Å². The van der Waals surface area contributed by atoms with Crippen molar-refractivity contribution in [1.82, 2.24) is 5.43 Å². The normalized spacial score (nSPS) is 10.4. The number of ether oxygens (including phenoxy) is 3. The van der Waals surface area contributed by atoms with Crippen molar-refractivity contribution in [3.63, 3.8) is 0 Å². The van der Waals surface area contributed by atoms with Gasteiger partial charge in [0.2, 0.25) is 0 Å². The number of hydrogen-bond donors (Lipinski definition) is 1. The fraction of sp³-hybridized carbons (Fsp3) is 0.176. The first kappa shape index (κ1) is 18.7. The number of nitrogens with one attached hydrogen (secondary N) is 1. The standard InChI is InChI=1S/C17H17N3O6/c1-24-13-7-8-15(25-2)12(9-13)10-18-19-17(21)11-26-16-6-4-3-5-14(16)20(22)23/h3-10H,11H2,1-2H3,(H,19,21). The van der Waals surface area contributed by atoms with Crippen LogP contribution in [0.1, 0.15) is 5.56 Å². The van der Waals surface area contributed by atoms with Gasteiger partial charge in [-0.15, -0.1) is 0 Å². The van der Waals surface area contributed by atoms with Crippen LogP contribution in [-0.2, 0) is 4.79 Å². The zero-order valence-electron chi connectivity index (χ0n) is 14.2. The van der Waals surface area contributed by atoms with Crippen molar-refractivity contribution in [2.45, 2.75) is 0 Å². The van der Waals surface area contributed by atoms with Crippen LogP contribution in [0.4, 0.5) is 5.69 Å². The molecule has 2 rings (SSSR count). The Hall–Kier alpha value is -3.62. The molecule has 0 atom stereocenters. The summed E-state index contributed by atoms with van der Waals surface area (Å²) >= 11 is 0. The number of carbonyl (C=O) groups excluding carboxylic acids is 1. The van der Waals surface area contributed by atoms with Gasteiger partial charge in [0.25, 0.3) is 5.91 Å². The summed E-state index contributed by atoms with van der Waals surface area (Å²) in [5.74, 6) is 0.602. The molecule has 0 heterocycles. The zero-order valence-corrected chi connectivity index (χ0v) is 14.2. The molecule has 26 heavy (non-hydrogen) atoms. The summed E-state index contributed by atoms with van der Waals surface area (Å²) < 4.78 is 15.5. The molecular weight excluding hydrogens is 342 g/mol. The molecule has 0 aromatic heterocycles. The molecule has 0 fully saturated rings. The molecule has 1 N–H and O–H groups in total. The Balaban J connectivity index is 1.95. The number of para-hydroxylation sites is 2. The van der Waals surface area contributed by atoms with Crippen molar-refractivity contribution in [2.24, 2.45) is 5.10 Å². The second-order valence-corrected chi connectivity index (χ2v) is 4.91. The zero-order chi connectivity index (χ0) is 18.9. The average Bonchev–Trinajstić information content (AvgIpc) is 2.66. The Bertz CT molecular complexity index is 822. The van der Waals surface area contributed by atoms with E-state index in [0.717, 1.165) is 0 Å². The highest BCUT2D eigenvalue weighted by Crippen LogP contribution is 2.25. The summed E-state index contributed by atoms with van der Waals surface area (Å²) in [6.07, 6.45) is 1.39. The van der Waals surface area contributed by atoms with Gasteiger partial charge in [-0.05, 0) is 24.3 Å². The topological polar surface area (TPSA) is 112 Å². The van der Waals surface area contributed by atoms with E-state index in [1.54, 1.807) is 24.3 Å². The second kappa shape index (κ2) is 9.02. The number of nitro groups is 1. The molecule has 0 radical (unpaired) electrons. The third-order valence-electron chi connectivity index (χ3n) is 3.25. The van der Waals surface area contributed by atoms with Crippen LogP contribution >= 0.6 is 0 Å². The van der Waals surface area contributed by atoms with E-state index in [9.17, 15) is 14.9 Å². The Morgan fingerprint density at radius 1 is 1.19 bits per heavy atom. The van der Waals surface area contributed by atoms with E-state index in [0.29, 0.717) is 17.1 Å². The maximum absolute atomic E-state index is 11.8. The summed E-state index contributed by atoms with van der Waals surface area (Å²) in [4.78, 5) is 22.1. The maximum atomic E-state index is 11.8. The second-order valence-electron chi connectivity index (χ2n) is 4.91. The van der Waals surface area contributed by atoms with Gasteiger partial charge in [0.15, 0.2) is 12.4 Å². The summed E-state index contributed by atoms with van der Waals surface area (Å²) in [7, 11) is 3.04. The molecule has 1 amide bonds. The number of nitro benzene ring substituents is 1. The van der Waals surface area contributed by atoms with Crippen molar-refractivity contribution in [1.29, 1.82) is 0 Å². The van der Waals surface area contributed by atoms with Crippen LogP contribution in [-0.4, -0.2) is 37.9 Å². The van der Waals surface area contributed by atoms with E-state index < -0.39 is 17.4 Å². The minimum Gasteiger partial charge on any atom is -0.497 e. The smallest absolute Gasteiger partial charge is 0.310 e. The molecule has 2 aromatic rings. The number of methoxy groups -OCH3 is 2. The molecule has 0 aliphatic carbocycles. The molecule has 2 aromatic carbocycles. The molecule has 0 saturated heterocycles. The van der Waals surface area contributed by atoms with Gasteiger partial charge in [-0.25, -0.2) is 5.43 Å². The van der Waals surface area contributed by atoms with Gasteiger partial charge >= 0.3 is 5.69 Å². The molecule has 136 valence electrons. The van der Waals surface area contributed by atoms with Gasteiger partial charge in [-0.1, -0.05) is 12.1 Å². The molecule has 9 nitrogen and oxygen atoms in total. The van der Waals surface area contributed by atoms with E-state index in [1.807, 2.05) is 0 Å². The molecule has 0 aliphatic rings. The number of hydrogen-bond acceptors (Lipinski definition) is 7. The van der Waals surface area contributed by atoms with Gasteiger partial charge in [-0.3, -0.25) is 14.9 Å². The largest absolute Gasteiger partial charge is 0.497 e. The van der Waals surface area contributed by atoms with Gasteiger partial charge < -0.3 is 14.2 Å². The van der Waals surface area contributed by atoms with Crippen LogP contribution in [0, 0.1) is 10.1 Å². The Morgan fingerprint density at radius 2 is 1.96 bits per heavy atom. The van der Waals surface area contributed by atoms with Crippen LogP contribution in [0.3, 0.4) is 0 Å². The van der Waals surface area contributed by atoms with E-state index in [4.69, 9.17) is 14.2 Å². The van der Waals surface area contributed by atoms with Crippen molar-refractivity contribution in [3.8, 4) is 17.2 Å². The van der Waals surface area contributed by atoms with Crippen LogP contribution in [0.25, 0.3) is 0 Å². The molecule has 9 heteroatoms. The van der Waals surface area contributed by atoms with E-state index in [1.165, 1.54) is 38.6 Å². The van der Waals surface area contributed by atoms with Gasteiger partial charge in [0.1, 0.15) is 11.5 Å². The van der Waals surface area contributed by atoms with Crippen molar-refractivity contribution >= 4 is 17.8 Å². The molecule has 0 bridgehead atoms. The van der Waals surface area contributed by atoms with Crippen LogP contribution in [0.5, 0.6) is 17.2 Å². The Morgan fingerprint density at radius 3 is 2.65 bits per heavy atom. The van der Waals surface area contributed by atoms with Gasteiger partial charge in [-0.2, -0.15) is 5.10 Å². The first-order chi connectivity index (χ1) is 12.5. The molecule has 0 unspecified atom stereocenters. The number of carbonyl (C=O) groups is 1. The predicted molar refractivity (Wildman–Crippen MR) is 93.9 cm³/mol. The minimum absolute atomic E-state index is 0.00564. The molecular formula is C17H17N3O6. The quantitative estimate of drug-likeness (QED) is 0.439. The van der Waals surface area contributed by atoms with Crippen LogP contribution < -0.4 is 19.6 Å². The van der Waals surface area contributed by atoms with Gasteiger partial charge in [0.05, 0.1) is 25.4 Å². The number of amides is 1. The monoisotopic (exact) mass is 359 g/mol. The first-order valence-corrected chi connectivity index (χ1v) is 7.45. The summed E-state index contributed by atoms with van der Waals surface area (Å²) in [6.45, 7) is -0.419. The van der Waals surface area contributed by atoms with Gasteiger partial charge in [0, 0.05) is 11.6 Å². The fourth-order valence-electron chi connectivity index (χ4n) is 2.02. The molecule has 0 spiro atoms. The SMILES string of the molecule is COc1ccc(OC)c(C=NNC(=O)COc2ccccc2[N+](=O)[O-])c1. The Labute approximate surface area is 149 Å². The first-order valence-electron chi connectivity index (χ1n) is 7.45. The highest BCUT2D eigenvalue weighted by atomic mass is 16.6. The highest BCUT2D eigenvalue weighted by molar-refractivity contribution is 5.86. The predicted octanol–water partition coefficient (Wildman–Crippen LogP) is 2.14. The van der Waals surface area contributed by atoms with Crippen LogP contribution in [0.2, 0.25) is 0 Å². The lowest BCUT2D eigenvalue weighted by atomic mass is 10.2. The molecule has 0 saturated carbocycles. The van der Waals surface area contributed by atoms with E-state index >= 15 is 0 Å². The van der Waals surface area contributed by atoms with Crippen molar-refractivity contribution in [3.05, 3.63) is 58.1 Å². The number of rotatable bonds is 8. The highest BCUT2D eigenvalue weighted by Gasteiger charge is 2.14. The van der Waals surface area contributed by atoms with Crippen molar-refractivity contribution in [2.75, 3.05) is 20.8 Å². The van der Waals surface area contributed by atoms with Crippen molar-refractivity contribution < 1.29 is 23.9 Å². The maximum Gasteiger partial charge on any atom is 0.310 e. The third-order valence-corrected chi connectivity index (χ3v) is 3.25. The summed E-state index contributed by atoms with van der Waals surface area (Å²) in [6, 6.07) is 10.9. The number of nitrogens with zero attached hydrogens (tertiary/aromatic N) is 2. The lowest BCUT2D eigenvalue weighted by Crippen LogP contribution is -2.24. The summed E-state index contributed by atoms with van der Waals surface area (Å²) in [5.41, 5.74) is 2.66. The number of hydrazone groups is 1. The minimum atomic E-state index is -0.583. The lowest BCUT2D eigenvalue weighted by Gasteiger charge is -2.07.